The second-order valence-corrected chi connectivity index (χ2v) is 5.41. The van der Waals surface area contributed by atoms with E-state index in [0.717, 1.165) is 18.4 Å². The van der Waals surface area contributed by atoms with E-state index in [2.05, 4.69) is 19.2 Å². The van der Waals surface area contributed by atoms with E-state index in [9.17, 15) is 4.39 Å². The molecule has 2 nitrogen and oxygen atoms in total. The molecule has 0 bridgehead atoms. The summed E-state index contributed by atoms with van der Waals surface area (Å²) in [5.74, 6) is -0.367. The van der Waals surface area contributed by atoms with Crippen LogP contribution in [-0.2, 0) is 11.2 Å². The summed E-state index contributed by atoms with van der Waals surface area (Å²) in [5.41, 5.74) is 0.705. The van der Waals surface area contributed by atoms with E-state index in [1.807, 2.05) is 20.0 Å². The molecule has 0 aliphatic carbocycles. The van der Waals surface area contributed by atoms with Crippen LogP contribution in [0.3, 0.4) is 0 Å². The fraction of sp³-hybridized carbons (Fsp3) is 0.625. The summed E-state index contributed by atoms with van der Waals surface area (Å²) >= 11 is 5.73. The van der Waals surface area contributed by atoms with Crippen LogP contribution in [0.2, 0.25) is 5.02 Å². The lowest BCUT2D eigenvalue weighted by Crippen LogP contribution is -2.52. The first-order valence-corrected chi connectivity index (χ1v) is 7.65. The van der Waals surface area contributed by atoms with Crippen molar-refractivity contribution >= 4 is 11.6 Å². The Morgan fingerprint density at radius 1 is 1.30 bits per heavy atom. The van der Waals surface area contributed by atoms with Gasteiger partial charge >= 0.3 is 0 Å². The lowest BCUT2D eigenvalue weighted by atomic mass is 9.84. The molecule has 1 aromatic rings. The van der Waals surface area contributed by atoms with E-state index in [1.165, 1.54) is 6.07 Å². The number of ether oxygens (including phenoxy) is 1. The molecule has 1 aromatic carbocycles. The zero-order valence-corrected chi connectivity index (χ0v) is 13.6. The number of halogens is 2. The largest absolute Gasteiger partial charge is 0.374 e. The van der Waals surface area contributed by atoms with Crippen molar-refractivity contribution in [1.82, 2.24) is 5.32 Å². The van der Waals surface area contributed by atoms with Crippen molar-refractivity contribution in [3.8, 4) is 0 Å². The van der Waals surface area contributed by atoms with Crippen molar-refractivity contribution in [3.63, 3.8) is 0 Å². The first-order chi connectivity index (χ1) is 9.52. The number of likely N-dealkylation sites (N-methyl/N-ethyl adjacent to an activating group) is 1. The predicted molar refractivity (Wildman–Crippen MR) is 82.9 cm³/mol. The maximum absolute atomic E-state index is 13.6. The molecular weight excluding hydrogens is 277 g/mol. The van der Waals surface area contributed by atoms with Gasteiger partial charge in [-0.1, -0.05) is 31.5 Å². The highest BCUT2D eigenvalue weighted by Crippen LogP contribution is 2.28. The molecule has 1 atom stereocenters. The first-order valence-electron chi connectivity index (χ1n) is 7.28. The molecule has 20 heavy (non-hydrogen) atoms. The number of hydrogen-bond acceptors (Lipinski definition) is 2. The molecule has 0 radical (unpaired) electrons. The van der Waals surface area contributed by atoms with Crippen LogP contribution in [0.4, 0.5) is 4.39 Å². The maximum atomic E-state index is 13.6. The topological polar surface area (TPSA) is 21.3 Å². The molecular formula is C16H25ClFNO. The highest BCUT2D eigenvalue weighted by molar-refractivity contribution is 6.30. The summed E-state index contributed by atoms with van der Waals surface area (Å²) in [6.45, 7) is 6.95. The van der Waals surface area contributed by atoms with Gasteiger partial charge in [0.1, 0.15) is 5.82 Å². The van der Waals surface area contributed by atoms with Crippen molar-refractivity contribution in [1.29, 1.82) is 0 Å². The lowest BCUT2D eigenvalue weighted by molar-refractivity contribution is -0.0703. The maximum Gasteiger partial charge on any atom is 0.142 e. The van der Waals surface area contributed by atoms with E-state index in [1.54, 1.807) is 6.07 Å². The minimum absolute atomic E-state index is 0.137. The second kappa shape index (κ2) is 7.96. The molecule has 1 N–H and O–H groups in total. The van der Waals surface area contributed by atoms with Crippen LogP contribution in [0, 0.1) is 5.82 Å². The van der Waals surface area contributed by atoms with Crippen LogP contribution in [0.25, 0.3) is 0 Å². The molecule has 0 amide bonds. The minimum Gasteiger partial charge on any atom is -0.374 e. The Morgan fingerprint density at radius 2 is 1.95 bits per heavy atom. The molecule has 0 aliphatic heterocycles. The third-order valence-corrected chi connectivity index (χ3v) is 4.34. The quantitative estimate of drug-likeness (QED) is 0.777. The van der Waals surface area contributed by atoms with Crippen molar-refractivity contribution in [3.05, 3.63) is 34.6 Å². The summed E-state index contributed by atoms with van der Waals surface area (Å²) < 4.78 is 19.6. The summed E-state index contributed by atoms with van der Waals surface area (Å²) in [6.07, 6.45) is 2.55. The Bertz CT molecular complexity index is 421. The highest BCUT2D eigenvalue weighted by Gasteiger charge is 2.35. The third kappa shape index (κ3) is 3.94. The van der Waals surface area contributed by atoms with Gasteiger partial charge in [0.25, 0.3) is 0 Å². The molecule has 0 saturated carbocycles. The van der Waals surface area contributed by atoms with Crippen LogP contribution in [0.5, 0.6) is 0 Å². The van der Waals surface area contributed by atoms with E-state index < -0.39 is 0 Å². The number of rotatable bonds is 8. The van der Waals surface area contributed by atoms with Crippen molar-refractivity contribution in [2.45, 2.75) is 51.7 Å². The summed E-state index contributed by atoms with van der Waals surface area (Å²) in [4.78, 5) is 0. The van der Waals surface area contributed by atoms with Gasteiger partial charge in [0.15, 0.2) is 0 Å². The van der Waals surface area contributed by atoms with Crippen molar-refractivity contribution in [2.75, 3.05) is 13.7 Å². The van der Waals surface area contributed by atoms with Gasteiger partial charge in [0.05, 0.1) is 10.6 Å². The lowest BCUT2D eigenvalue weighted by Gasteiger charge is -2.39. The zero-order valence-electron chi connectivity index (χ0n) is 12.8. The Balaban J connectivity index is 2.96. The van der Waals surface area contributed by atoms with Gasteiger partial charge in [0.2, 0.25) is 0 Å². The van der Waals surface area contributed by atoms with Gasteiger partial charge in [0, 0.05) is 12.6 Å². The first kappa shape index (κ1) is 17.4. The Kier molecular flexibility index (Phi) is 6.93. The normalized spacial score (nSPS) is 13.5. The number of benzene rings is 1. The van der Waals surface area contributed by atoms with Gasteiger partial charge in [-0.3, -0.25) is 0 Å². The molecule has 4 heteroatoms. The molecule has 0 aliphatic rings. The van der Waals surface area contributed by atoms with Crippen LogP contribution >= 0.6 is 11.6 Å². The molecule has 0 heterocycles. The molecule has 114 valence electrons. The Labute approximate surface area is 126 Å². The van der Waals surface area contributed by atoms with Gasteiger partial charge in [-0.25, -0.2) is 4.39 Å². The molecule has 0 fully saturated rings. The number of nitrogens with one attached hydrogen (secondary N) is 1. The fourth-order valence-corrected chi connectivity index (χ4v) is 2.91. The Morgan fingerprint density at radius 3 is 2.40 bits per heavy atom. The monoisotopic (exact) mass is 301 g/mol. The number of hydrogen-bond donors (Lipinski definition) is 1. The van der Waals surface area contributed by atoms with E-state index >= 15 is 0 Å². The molecule has 1 unspecified atom stereocenters. The fourth-order valence-electron chi connectivity index (χ4n) is 2.79. The molecule has 0 saturated heterocycles. The van der Waals surface area contributed by atoms with E-state index in [-0.39, 0.29) is 22.5 Å². The van der Waals surface area contributed by atoms with Gasteiger partial charge in [-0.05, 0) is 50.9 Å². The SMILES string of the molecule is CCOC(CC)(CC)C(Cc1ccc(Cl)c(F)c1)NC. The van der Waals surface area contributed by atoms with Gasteiger partial charge in [-0.2, -0.15) is 0 Å². The molecule has 0 spiro atoms. The minimum atomic E-state index is -0.367. The molecule has 1 rings (SSSR count). The average molecular weight is 302 g/mol. The van der Waals surface area contributed by atoms with Crippen LogP contribution in [0.15, 0.2) is 18.2 Å². The van der Waals surface area contributed by atoms with Gasteiger partial charge < -0.3 is 10.1 Å². The highest BCUT2D eigenvalue weighted by atomic mass is 35.5. The molecule has 0 aromatic heterocycles. The van der Waals surface area contributed by atoms with E-state index in [0.29, 0.717) is 13.0 Å². The summed E-state index contributed by atoms with van der Waals surface area (Å²) in [5, 5.41) is 3.50. The third-order valence-electron chi connectivity index (χ3n) is 4.04. The smallest absolute Gasteiger partial charge is 0.142 e. The second-order valence-electron chi connectivity index (χ2n) is 5.00. The van der Waals surface area contributed by atoms with Gasteiger partial charge in [-0.15, -0.1) is 0 Å². The zero-order chi connectivity index (χ0) is 15.2. The van der Waals surface area contributed by atoms with Crippen LogP contribution < -0.4 is 5.32 Å². The predicted octanol–water partition coefficient (Wildman–Crippen LogP) is 4.20. The van der Waals surface area contributed by atoms with E-state index in [4.69, 9.17) is 16.3 Å². The average Bonchev–Trinajstić information content (AvgIpc) is 2.46. The van der Waals surface area contributed by atoms with Crippen molar-refractivity contribution < 1.29 is 9.13 Å². The van der Waals surface area contributed by atoms with Crippen LogP contribution in [0.1, 0.15) is 39.2 Å². The summed E-state index contributed by atoms with van der Waals surface area (Å²) in [6, 6.07) is 5.13. The summed E-state index contributed by atoms with van der Waals surface area (Å²) in [7, 11) is 1.93. The van der Waals surface area contributed by atoms with Crippen LogP contribution in [-0.4, -0.2) is 25.3 Å². The van der Waals surface area contributed by atoms with Crippen molar-refractivity contribution in [2.24, 2.45) is 0 Å². The standard InChI is InChI=1S/C16H25ClFNO/c1-5-16(6-2,20-7-3)15(19-4)11-12-8-9-13(17)14(18)10-12/h8-10,15,19H,5-7,11H2,1-4H3. The Hall–Kier alpha value is -0.640.